The van der Waals surface area contributed by atoms with Crippen molar-refractivity contribution in [1.29, 1.82) is 0 Å². The maximum atomic E-state index is 12.8. The Labute approximate surface area is 166 Å². The number of hydrogen-bond acceptors (Lipinski definition) is 4. The minimum absolute atomic E-state index is 0.0918. The van der Waals surface area contributed by atoms with Gasteiger partial charge in [-0.15, -0.1) is 0 Å². The van der Waals surface area contributed by atoms with Gasteiger partial charge >= 0.3 is 0 Å². The van der Waals surface area contributed by atoms with Crippen molar-refractivity contribution < 1.29 is 19.1 Å². The summed E-state index contributed by atoms with van der Waals surface area (Å²) in [4.78, 5) is 25.5. The van der Waals surface area contributed by atoms with Crippen molar-refractivity contribution in [2.45, 2.75) is 33.2 Å². The highest BCUT2D eigenvalue weighted by Crippen LogP contribution is 2.23. The fraction of sp³-hybridized carbons (Fsp3) is 0.364. The number of carbonyl (C=O) groups excluding carboxylic acids is 2. The van der Waals surface area contributed by atoms with Gasteiger partial charge in [0, 0.05) is 17.3 Å². The van der Waals surface area contributed by atoms with Crippen LogP contribution in [-0.4, -0.2) is 32.1 Å². The van der Waals surface area contributed by atoms with E-state index in [1.807, 2.05) is 38.1 Å². The monoisotopic (exact) mass is 384 g/mol. The summed E-state index contributed by atoms with van der Waals surface area (Å²) >= 11 is 0. The first-order valence-corrected chi connectivity index (χ1v) is 9.31. The summed E-state index contributed by atoms with van der Waals surface area (Å²) < 4.78 is 10.4. The van der Waals surface area contributed by atoms with E-state index < -0.39 is 6.04 Å². The van der Waals surface area contributed by atoms with Gasteiger partial charge < -0.3 is 20.1 Å². The molecular formula is C22H28N2O4. The predicted octanol–water partition coefficient (Wildman–Crippen LogP) is 3.66. The molecule has 0 aliphatic rings. The molecule has 6 heteroatoms. The Hall–Kier alpha value is -3.02. The van der Waals surface area contributed by atoms with E-state index in [0.29, 0.717) is 22.7 Å². The van der Waals surface area contributed by atoms with Crippen LogP contribution in [0.3, 0.4) is 0 Å². The van der Waals surface area contributed by atoms with Crippen LogP contribution in [0.15, 0.2) is 42.5 Å². The minimum Gasteiger partial charge on any atom is -0.497 e. The number of nitrogens with one attached hydrogen (secondary N) is 2. The molecule has 0 heterocycles. The minimum atomic E-state index is -0.685. The van der Waals surface area contributed by atoms with Crippen molar-refractivity contribution >= 4 is 17.5 Å². The zero-order chi connectivity index (χ0) is 20.7. The maximum Gasteiger partial charge on any atom is 0.252 e. The Bertz CT molecular complexity index is 811. The molecule has 2 rings (SSSR count). The number of rotatable bonds is 8. The van der Waals surface area contributed by atoms with Crippen LogP contribution < -0.4 is 20.1 Å². The number of ether oxygens (including phenoxy) is 2. The van der Waals surface area contributed by atoms with E-state index in [2.05, 4.69) is 17.6 Å². The van der Waals surface area contributed by atoms with Crippen molar-refractivity contribution in [1.82, 2.24) is 5.32 Å². The molecule has 6 nitrogen and oxygen atoms in total. The zero-order valence-electron chi connectivity index (χ0n) is 17.0. The van der Waals surface area contributed by atoms with Crippen molar-refractivity contribution in [2.24, 2.45) is 5.92 Å². The molecule has 0 spiro atoms. The van der Waals surface area contributed by atoms with Gasteiger partial charge in [-0.3, -0.25) is 9.59 Å². The second-order valence-corrected chi connectivity index (χ2v) is 6.84. The first kappa shape index (κ1) is 21.3. The lowest BCUT2D eigenvalue weighted by Crippen LogP contribution is -2.47. The molecule has 0 radical (unpaired) electrons. The number of amides is 2. The van der Waals surface area contributed by atoms with Crippen LogP contribution >= 0.6 is 0 Å². The van der Waals surface area contributed by atoms with Gasteiger partial charge in [-0.1, -0.05) is 32.9 Å². The lowest BCUT2D eigenvalue weighted by molar-refractivity contribution is -0.118. The molecule has 28 heavy (non-hydrogen) atoms. The quantitative estimate of drug-likeness (QED) is 0.728. The first-order valence-electron chi connectivity index (χ1n) is 9.31. The summed E-state index contributed by atoms with van der Waals surface area (Å²) in [5.41, 5.74) is 2.21. The third kappa shape index (κ3) is 5.49. The molecule has 2 N–H and O–H groups in total. The first-order chi connectivity index (χ1) is 13.4. The summed E-state index contributed by atoms with van der Waals surface area (Å²) in [5, 5.41) is 5.72. The lowest BCUT2D eigenvalue weighted by Gasteiger charge is -2.22. The molecule has 0 aromatic heterocycles. The van der Waals surface area contributed by atoms with Crippen LogP contribution in [0.5, 0.6) is 11.5 Å². The highest BCUT2D eigenvalue weighted by molar-refractivity contribution is 6.01. The molecule has 1 unspecified atom stereocenters. The van der Waals surface area contributed by atoms with E-state index in [0.717, 1.165) is 12.0 Å². The summed E-state index contributed by atoms with van der Waals surface area (Å²) in [5.74, 6) is 0.295. The molecule has 0 aliphatic carbocycles. The molecule has 2 aromatic carbocycles. The van der Waals surface area contributed by atoms with Crippen molar-refractivity contribution in [3.8, 4) is 11.5 Å². The normalized spacial score (nSPS) is 11.6. The van der Waals surface area contributed by atoms with Crippen LogP contribution in [0.4, 0.5) is 5.69 Å². The van der Waals surface area contributed by atoms with Gasteiger partial charge in [0.25, 0.3) is 5.91 Å². The van der Waals surface area contributed by atoms with Crippen LogP contribution in [0.2, 0.25) is 0 Å². The Balaban J connectivity index is 2.17. The summed E-state index contributed by atoms with van der Waals surface area (Å²) in [6.45, 7) is 5.83. The second-order valence-electron chi connectivity index (χ2n) is 6.84. The molecule has 2 aromatic rings. The fourth-order valence-electron chi connectivity index (χ4n) is 2.79. The molecule has 1 atom stereocenters. The molecule has 0 saturated heterocycles. The van der Waals surface area contributed by atoms with Crippen LogP contribution in [0, 0.1) is 5.92 Å². The SMILES string of the molecule is CCc1cccc(NC(=O)C(NC(=O)c2cc(OC)cc(OC)c2)C(C)C)c1. The topological polar surface area (TPSA) is 76.7 Å². The third-order valence-electron chi connectivity index (χ3n) is 4.45. The number of methoxy groups -OCH3 is 2. The molecular weight excluding hydrogens is 356 g/mol. The van der Waals surface area contributed by atoms with Crippen molar-refractivity contribution in [3.05, 3.63) is 53.6 Å². The van der Waals surface area contributed by atoms with Gasteiger partial charge in [-0.05, 0) is 42.2 Å². The fourth-order valence-corrected chi connectivity index (χ4v) is 2.79. The number of aryl methyl sites for hydroxylation is 1. The van der Waals surface area contributed by atoms with Crippen LogP contribution in [0.1, 0.15) is 36.7 Å². The van der Waals surface area contributed by atoms with Crippen LogP contribution in [-0.2, 0) is 11.2 Å². The summed E-state index contributed by atoms with van der Waals surface area (Å²) in [7, 11) is 3.04. The smallest absolute Gasteiger partial charge is 0.252 e. The van der Waals surface area contributed by atoms with Gasteiger partial charge in [0.1, 0.15) is 17.5 Å². The molecule has 0 fully saturated rings. The zero-order valence-corrected chi connectivity index (χ0v) is 17.0. The molecule has 150 valence electrons. The van der Waals surface area contributed by atoms with Gasteiger partial charge in [0.2, 0.25) is 5.91 Å². The Morgan fingerprint density at radius 3 is 2.18 bits per heavy atom. The Morgan fingerprint density at radius 1 is 1.00 bits per heavy atom. The Kier molecular flexibility index (Phi) is 7.44. The number of hydrogen-bond donors (Lipinski definition) is 2. The molecule has 0 aliphatic heterocycles. The summed E-state index contributed by atoms with van der Waals surface area (Å²) in [6.07, 6.45) is 0.881. The third-order valence-corrected chi connectivity index (χ3v) is 4.45. The number of carbonyl (C=O) groups is 2. The average molecular weight is 384 g/mol. The number of anilines is 1. The molecule has 0 saturated carbocycles. The van der Waals surface area contributed by atoms with Crippen molar-refractivity contribution in [3.63, 3.8) is 0 Å². The predicted molar refractivity (Wildman–Crippen MR) is 110 cm³/mol. The van der Waals surface area contributed by atoms with E-state index >= 15 is 0 Å². The van der Waals surface area contributed by atoms with E-state index in [1.165, 1.54) is 14.2 Å². The van der Waals surface area contributed by atoms with Gasteiger partial charge in [0.15, 0.2) is 0 Å². The van der Waals surface area contributed by atoms with Gasteiger partial charge in [-0.2, -0.15) is 0 Å². The Morgan fingerprint density at radius 2 is 1.64 bits per heavy atom. The van der Waals surface area contributed by atoms with Gasteiger partial charge in [-0.25, -0.2) is 0 Å². The highest BCUT2D eigenvalue weighted by Gasteiger charge is 2.25. The lowest BCUT2D eigenvalue weighted by atomic mass is 10.0. The molecule has 0 bridgehead atoms. The number of benzene rings is 2. The van der Waals surface area contributed by atoms with Crippen LogP contribution in [0.25, 0.3) is 0 Å². The van der Waals surface area contributed by atoms with E-state index in [9.17, 15) is 9.59 Å². The van der Waals surface area contributed by atoms with E-state index in [4.69, 9.17) is 9.47 Å². The highest BCUT2D eigenvalue weighted by atomic mass is 16.5. The van der Waals surface area contributed by atoms with E-state index in [1.54, 1.807) is 18.2 Å². The van der Waals surface area contributed by atoms with Gasteiger partial charge in [0.05, 0.1) is 14.2 Å². The molecule has 2 amide bonds. The van der Waals surface area contributed by atoms with E-state index in [-0.39, 0.29) is 17.7 Å². The maximum absolute atomic E-state index is 12.8. The second kappa shape index (κ2) is 9.78. The summed E-state index contributed by atoms with van der Waals surface area (Å²) in [6, 6.07) is 11.9. The standard InChI is InChI=1S/C22H28N2O4/c1-6-15-8-7-9-17(10-15)23-22(26)20(14(2)3)24-21(25)16-11-18(27-4)13-19(12-16)28-5/h7-14,20H,6H2,1-5H3,(H,23,26)(H,24,25). The average Bonchev–Trinajstić information content (AvgIpc) is 2.70. The largest absolute Gasteiger partial charge is 0.497 e. The van der Waals surface area contributed by atoms with Crippen molar-refractivity contribution in [2.75, 3.05) is 19.5 Å².